The fourth-order valence-corrected chi connectivity index (χ4v) is 1.13. The van der Waals surface area contributed by atoms with Gasteiger partial charge in [-0.05, 0) is 24.1 Å². The van der Waals surface area contributed by atoms with Gasteiger partial charge in [0.2, 0.25) is 0 Å². The topological polar surface area (TPSA) is 57.8 Å². The summed E-state index contributed by atoms with van der Waals surface area (Å²) < 4.78 is 0. The van der Waals surface area contributed by atoms with Crippen LogP contribution >= 0.6 is 0 Å². The second-order valence-corrected chi connectivity index (χ2v) is 3.04. The van der Waals surface area contributed by atoms with Gasteiger partial charge >= 0.3 is 5.91 Å². The van der Waals surface area contributed by atoms with Crippen molar-refractivity contribution in [2.24, 2.45) is 0 Å². The van der Waals surface area contributed by atoms with Gasteiger partial charge in [-0.2, -0.15) is 5.10 Å². The Bertz CT molecular complexity index is 520. The molecule has 2 aromatic rings. The third kappa shape index (κ3) is 2.72. The third-order valence-corrected chi connectivity index (χ3v) is 1.84. The summed E-state index contributed by atoms with van der Waals surface area (Å²) in [6.45, 7) is 0. The lowest BCUT2D eigenvalue weighted by Crippen LogP contribution is -2.08. The van der Waals surface area contributed by atoms with Crippen LogP contribution in [-0.2, 0) is 4.79 Å². The van der Waals surface area contributed by atoms with Gasteiger partial charge in [0.05, 0.1) is 0 Å². The summed E-state index contributed by atoms with van der Waals surface area (Å²) in [5, 5.41) is 9.04. The summed E-state index contributed by atoms with van der Waals surface area (Å²) in [5.41, 5.74) is 1.34. The molecule has 16 heavy (non-hydrogen) atoms. The molecule has 0 aliphatic heterocycles. The van der Waals surface area contributed by atoms with Crippen molar-refractivity contribution < 1.29 is 4.79 Å². The van der Waals surface area contributed by atoms with E-state index < -0.39 is 0 Å². The van der Waals surface area contributed by atoms with E-state index in [0.717, 1.165) is 5.69 Å². The first-order valence-electron chi connectivity index (χ1n) is 4.72. The fraction of sp³-hybridized carbons (Fsp3) is 0. The molecule has 4 nitrogen and oxygen atoms in total. The quantitative estimate of drug-likeness (QED) is 0.700. The number of carbonyl (C=O) groups is 1. The number of carbonyl (C=O) groups excluding carboxylic acids is 1. The number of hydrogen-bond acceptors (Lipinski definition) is 2. The van der Waals surface area contributed by atoms with E-state index in [1.807, 2.05) is 18.2 Å². The highest BCUT2D eigenvalue weighted by molar-refractivity contribution is 6.04. The van der Waals surface area contributed by atoms with E-state index in [1.165, 1.54) is 0 Å². The van der Waals surface area contributed by atoms with Gasteiger partial charge in [-0.25, -0.2) is 0 Å². The standard InChI is InChI=1S/C12H9N3O/c16-12(7-6-11-8-9-13-15-11)14-10-4-2-1-3-5-10/h1-5,8-9H,(H,13,15)(H,14,16). The van der Waals surface area contributed by atoms with E-state index in [2.05, 4.69) is 27.4 Å². The van der Waals surface area contributed by atoms with Crippen LogP contribution in [0.5, 0.6) is 0 Å². The molecule has 0 aliphatic rings. The van der Waals surface area contributed by atoms with Gasteiger partial charge in [-0.3, -0.25) is 9.89 Å². The van der Waals surface area contributed by atoms with E-state index in [0.29, 0.717) is 5.69 Å². The minimum Gasteiger partial charge on any atom is -0.315 e. The largest absolute Gasteiger partial charge is 0.315 e. The Labute approximate surface area is 92.7 Å². The van der Waals surface area contributed by atoms with Crippen LogP contribution in [0.2, 0.25) is 0 Å². The van der Waals surface area contributed by atoms with Crippen molar-refractivity contribution in [2.75, 3.05) is 5.32 Å². The van der Waals surface area contributed by atoms with Crippen molar-refractivity contribution in [3.63, 3.8) is 0 Å². The summed E-state index contributed by atoms with van der Waals surface area (Å²) in [7, 11) is 0. The Kier molecular flexibility index (Phi) is 3.00. The molecule has 0 bridgehead atoms. The van der Waals surface area contributed by atoms with Gasteiger partial charge in [-0.15, -0.1) is 0 Å². The first-order valence-corrected chi connectivity index (χ1v) is 4.72. The molecule has 2 rings (SSSR count). The number of aromatic amines is 1. The molecular weight excluding hydrogens is 202 g/mol. The van der Waals surface area contributed by atoms with E-state index >= 15 is 0 Å². The van der Waals surface area contributed by atoms with Crippen molar-refractivity contribution >= 4 is 11.6 Å². The zero-order chi connectivity index (χ0) is 11.2. The van der Waals surface area contributed by atoms with Crippen LogP contribution in [0.15, 0.2) is 42.6 Å². The lowest BCUT2D eigenvalue weighted by Gasteiger charge is -1.98. The predicted molar refractivity (Wildman–Crippen MR) is 60.5 cm³/mol. The summed E-state index contributed by atoms with van der Waals surface area (Å²) >= 11 is 0. The van der Waals surface area contributed by atoms with E-state index in [4.69, 9.17) is 0 Å². The maximum absolute atomic E-state index is 11.4. The Balaban J connectivity index is 2.00. The van der Waals surface area contributed by atoms with Crippen molar-refractivity contribution in [1.29, 1.82) is 0 Å². The summed E-state index contributed by atoms with van der Waals surface area (Å²) in [6.07, 6.45) is 1.58. The summed E-state index contributed by atoms with van der Waals surface area (Å²) in [6, 6.07) is 10.9. The normalized spacial score (nSPS) is 9.00. The molecule has 0 spiro atoms. The van der Waals surface area contributed by atoms with Crippen LogP contribution in [-0.4, -0.2) is 16.1 Å². The van der Waals surface area contributed by atoms with Gasteiger partial charge in [0, 0.05) is 17.8 Å². The predicted octanol–water partition coefficient (Wildman–Crippen LogP) is 1.40. The number of para-hydroxylation sites is 1. The van der Waals surface area contributed by atoms with Crippen LogP contribution in [0.3, 0.4) is 0 Å². The summed E-state index contributed by atoms with van der Waals surface area (Å²) in [4.78, 5) is 11.4. The highest BCUT2D eigenvalue weighted by Crippen LogP contribution is 2.03. The number of nitrogens with zero attached hydrogens (tertiary/aromatic N) is 1. The number of hydrogen-bond donors (Lipinski definition) is 2. The molecule has 0 fully saturated rings. The van der Waals surface area contributed by atoms with Crippen molar-refractivity contribution in [3.05, 3.63) is 48.3 Å². The number of benzene rings is 1. The molecule has 0 aliphatic carbocycles. The SMILES string of the molecule is O=C(C#Cc1ccn[nH]1)Nc1ccccc1. The highest BCUT2D eigenvalue weighted by Gasteiger charge is 1.95. The molecule has 0 atom stereocenters. The first-order chi connectivity index (χ1) is 7.84. The molecule has 4 heteroatoms. The van der Waals surface area contributed by atoms with E-state index in [-0.39, 0.29) is 5.91 Å². The number of amides is 1. The number of H-pyrrole nitrogens is 1. The molecule has 78 valence electrons. The van der Waals surface area contributed by atoms with Gasteiger partial charge in [0.1, 0.15) is 5.69 Å². The zero-order valence-electron chi connectivity index (χ0n) is 8.40. The van der Waals surface area contributed by atoms with Gasteiger partial charge < -0.3 is 5.32 Å². The minimum absolute atomic E-state index is 0.346. The Morgan fingerprint density at radius 1 is 1.25 bits per heavy atom. The maximum atomic E-state index is 11.4. The van der Waals surface area contributed by atoms with Crippen LogP contribution in [0.25, 0.3) is 0 Å². The molecule has 1 amide bonds. The lowest BCUT2D eigenvalue weighted by atomic mass is 10.3. The first kappa shape index (κ1) is 9.99. The molecule has 0 saturated carbocycles. The number of rotatable bonds is 1. The van der Waals surface area contributed by atoms with Crippen LogP contribution in [0.4, 0.5) is 5.69 Å². The second kappa shape index (κ2) is 4.80. The molecule has 0 unspecified atom stereocenters. The highest BCUT2D eigenvalue weighted by atomic mass is 16.1. The number of aromatic nitrogens is 2. The van der Waals surface area contributed by atoms with Crippen molar-refractivity contribution in [1.82, 2.24) is 10.2 Å². The Morgan fingerprint density at radius 3 is 2.75 bits per heavy atom. The molecule has 1 aromatic heterocycles. The molecule has 1 aromatic carbocycles. The fourth-order valence-electron chi connectivity index (χ4n) is 1.13. The third-order valence-electron chi connectivity index (χ3n) is 1.84. The van der Waals surface area contributed by atoms with Gasteiger partial charge in [0.25, 0.3) is 0 Å². The Morgan fingerprint density at radius 2 is 2.06 bits per heavy atom. The minimum atomic E-state index is -0.346. The molecular formula is C12H9N3O. The van der Waals surface area contributed by atoms with Crippen molar-refractivity contribution in [3.8, 4) is 11.8 Å². The number of anilines is 1. The van der Waals surface area contributed by atoms with Crippen LogP contribution in [0.1, 0.15) is 5.69 Å². The molecule has 2 N–H and O–H groups in total. The lowest BCUT2D eigenvalue weighted by molar-refractivity contribution is -0.111. The van der Waals surface area contributed by atoms with Crippen LogP contribution in [0, 0.1) is 11.8 Å². The van der Waals surface area contributed by atoms with E-state index in [9.17, 15) is 4.79 Å². The zero-order valence-corrected chi connectivity index (χ0v) is 8.40. The Hall–Kier alpha value is -2.54. The van der Waals surface area contributed by atoms with Gasteiger partial charge in [-0.1, -0.05) is 18.2 Å². The summed E-state index contributed by atoms with van der Waals surface area (Å²) in [5.74, 6) is 4.78. The molecule has 0 radical (unpaired) electrons. The second-order valence-electron chi connectivity index (χ2n) is 3.04. The van der Waals surface area contributed by atoms with Crippen molar-refractivity contribution in [2.45, 2.75) is 0 Å². The van der Waals surface area contributed by atoms with Crippen LogP contribution < -0.4 is 5.32 Å². The maximum Gasteiger partial charge on any atom is 0.300 e. The molecule has 1 heterocycles. The smallest absolute Gasteiger partial charge is 0.300 e. The average Bonchev–Trinajstić information content (AvgIpc) is 2.81. The van der Waals surface area contributed by atoms with E-state index in [1.54, 1.807) is 24.4 Å². The molecule has 0 saturated heterocycles. The monoisotopic (exact) mass is 211 g/mol. The number of nitrogens with one attached hydrogen (secondary N) is 2. The van der Waals surface area contributed by atoms with Gasteiger partial charge in [0.15, 0.2) is 0 Å². The average molecular weight is 211 g/mol.